The Morgan fingerprint density at radius 1 is 1.32 bits per heavy atom. The zero-order valence-corrected chi connectivity index (χ0v) is 11.8. The summed E-state index contributed by atoms with van der Waals surface area (Å²) in [5, 5.41) is 6.23. The van der Waals surface area contributed by atoms with Crippen LogP contribution in [0.2, 0.25) is 0 Å². The molecule has 0 amide bonds. The number of aromatic amines is 1. The summed E-state index contributed by atoms with van der Waals surface area (Å²) in [6.07, 6.45) is 2.73. The molecule has 102 valence electrons. The lowest BCUT2D eigenvalue weighted by molar-refractivity contribution is 0.423. The summed E-state index contributed by atoms with van der Waals surface area (Å²) in [5.74, 6) is 0. The first-order chi connectivity index (χ1) is 9.05. The van der Waals surface area contributed by atoms with Gasteiger partial charge in [0.05, 0.1) is 6.20 Å². The molecule has 0 saturated heterocycles. The second-order valence-corrected chi connectivity index (χ2v) is 6.23. The molecule has 0 saturated carbocycles. The van der Waals surface area contributed by atoms with Gasteiger partial charge in [-0.15, -0.1) is 0 Å². The van der Waals surface area contributed by atoms with Crippen LogP contribution in [-0.2, 0) is 16.6 Å². The monoisotopic (exact) mass is 279 g/mol. The van der Waals surface area contributed by atoms with Gasteiger partial charge in [-0.3, -0.25) is 5.10 Å². The lowest BCUT2D eigenvalue weighted by atomic mass is 10.1. The third-order valence-corrected chi connectivity index (χ3v) is 4.96. The van der Waals surface area contributed by atoms with Crippen molar-refractivity contribution in [2.45, 2.75) is 25.3 Å². The van der Waals surface area contributed by atoms with Gasteiger partial charge in [-0.2, -0.15) is 9.40 Å². The largest absolute Gasteiger partial charge is 0.284 e. The number of nitrogens with zero attached hydrogens (tertiary/aromatic N) is 2. The maximum absolute atomic E-state index is 12.4. The molecule has 5 nitrogen and oxygen atoms in total. The highest BCUT2D eigenvalue weighted by atomic mass is 32.2. The Hall–Kier alpha value is -1.66. The fourth-order valence-corrected chi connectivity index (χ4v) is 3.21. The van der Waals surface area contributed by atoms with Gasteiger partial charge in [-0.05, 0) is 18.1 Å². The van der Waals surface area contributed by atoms with Crippen molar-refractivity contribution in [3.63, 3.8) is 0 Å². The van der Waals surface area contributed by atoms with E-state index < -0.39 is 10.0 Å². The lowest BCUT2D eigenvalue weighted by Gasteiger charge is -2.20. The standard InChI is InChI=1S/C13H17N3O2S/c1-3-16(10-12-7-5-4-6-11(12)2)19(17,18)13-8-14-15-9-13/h4-9H,3,10H2,1-2H3,(H,14,15). The Kier molecular flexibility index (Phi) is 4.01. The molecule has 1 N–H and O–H groups in total. The lowest BCUT2D eigenvalue weighted by Crippen LogP contribution is -2.30. The molecule has 0 aliphatic rings. The number of hydrogen-bond acceptors (Lipinski definition) is 3. The molecule has 2 aromatic rings. The van der Waals surface area contributed by atoms with E-state index in [1.54, 1.807) is 0 Å². The van der Waals surface area contributed by atoms with E-state index >= 15 is 0 Å². The summed E-state index contributed by atoms with van der Waals surface area (Å²) in [7, 11) is -3.48. The highest BCUT2D eigenvalue weighted by molar-refractivity contribution is 7.89. The fourth-order valence-electron chi connectivity index (χ4n) is 1.87. The van der Waals surface area contributed by atoms with Crippen LogP contribution in [0.4, 0.5) is 0 Å². The van der Waals surface area contributed by atoms with Crippen molar-refractivity contribution >= 4 is 10.0 Å². The van der Waals surface area contributed by atoms with Crippen LogP contribution in [0.5, 0.6) is 0 Å². The number of sulfonamides is 1. The van der Waals surface area contributed by atoms with Crippen LogP contribution in [0.1, 0.15) is 18.1 Å². The SMILES string of the molecule is CCN(Cc1ccccc1C)S(=O)(=O)c1cn[nH]c1. The molecule has 0 spiro atoms. The van der Waals surface area contributed by atoms with Crippen LogP contribution in [0, 0.1) is 6.92 Å². The summed E-state index contributed by atoms with van der Waals surface area (Å²) in [6.45, 7) is 4.60. The van der Waals surface area contributed by atoms with E-state index in [9.17, 15) is 8.42 Å². The van der Waals surface area contributed by atoms with Crippen molar-refractivity contribution in [3.8, 4) is 0 Å². The summed E-state index contributed by atoms with van der Waals surface area (Å²) in [4.78, 5) is 0.197. The minimum Gasteiger partial charge on any atom is -0.284 e. The van der Waals surface area contributed by atoms with Crippen LogP contribution >= 0.6 is 0 Å². The highest BCUT2D eigenvalue weighted by Crippen LogP contribution is 2.18. The molecule has 0 fully saturated rings. The third kappa shape index (κ3) is 2.85. The second kappa shape index (κ2) is 5.54. The van der Waals surface area contributed by atoms with Gasteiger partial charge in [0.1, 0.15) is 4.90 Å². The van der Waals surface area contributed by atoms with E-state index in [0.717, 1.165) is 11.1 Å². The summed E-state index contributed by atoms with van der Waals surface area (Å²) in [6, 6.07) is 7.79. The van der Waals surface area contributed by atoms with Gasteiger partial charge < -0.3 is 0 Å². The zero-order valence-electron chi connectivity index (χ0n) is 11.0. The van der Waals surface area contributed by atoms with Crippen LogP contribution in [0.15, 0.2) is 41.6 Å². The Morgan fingerprint density at radius 3 is 2.63 bits per heavy atom. The van der Waals surface area contributed by atoms with Crippen molar-refractivity contribution in [3.05, 3.63) is 47.8 Å². The van der Waals surface area contributed by atoms with Crippen LogP contribution < -0.4 is 0 Å². The molecule has 0 radical (unpaired) electrons. The van der Waals surface area contributed by atoms with E-state index in [2.05, 4.69) is 10.2 Å². The molecule has 1 aromatic heterocycles. The van der Waals surface area contributed by atoms with Gasteiger partial charge >= 0.3 is 0 Å². The Bertz CT molecular complexity index is 636. The summed E-state index contributed by atoms with van der Waals surface area (Å²) in [5.41, 5.74) is 2.10. The summed E-state index contributed by atoms with van der Waals surface area (Å²) >= 11 is 0. The smallest absolute Gasteiger partial charge is 0.246 e. The highest BCUT2D eigenvalue weighted by Gasteiger charge is 2.24. The number of aromatic nitrogens is 2. The van der Waals surface area contributed by atoms with Gasteiger partial charge in [-0.1, -0.05) is 31.2 Å². The predicted molar refractivity (Wildman–Crippen MR) is 73.0 cm³/mol. The Balaban J connectivity index is 2.29. The molecule has 1 aromatic carbocycles. The number of nitrogens with one attached hydrogen (secondary N) is 1. The van der Waals surface area contributed by atoms with Gasteiger partial charge in [-0.25, -0.2) is 8.42 Å². The average molecular weight is 279 g/mol. The average Bonchev–Trinajstić information content (AvgIpc) is 2.92. The first kappa shape index (κ1) is 13.8. The molecule has 0 aliphatic carbocycles. The van der Waals surface area contributed by atoms with E-state index in [-0.39, 0.29) is 4.90 Å². The van der Waals surface area contributed by atoms with Crippen molar-refractivity contribution in [2.24, 2.45) is 0 Å². The maximum Gasteiger partial charge on any atom is 0.246 e. The number of hydrogen-bond donors (Lipinski definition) is 1. The second-order valence-electron chi connectivity index (χ2n) is 4.29. The van der Waals surface area contributed by atoms with E-state index in [1.165, 1.54) is 16.7 Å². The van der Waals surface area contributed by atoms with Crippen molar-refractivity contribution in [1.29, 1.82) is 0 Å². The van der Waals surface area contributed by atoms with Crippen molar-refractivity contribution in [1.82, 2.24) is 14.5 Å². The first-order valence-corrected chi connectivity index (χ1v) is 7.53. The molecule has 0 unspecified atom stereocenters. The number of benzene rings is 1. The summed E-state index contributed by atoms with van der Waals surface area (Å²) < 4.78 is 26.3. The maximum atomic E-state index is 12.4. The molecule has 0 atom stereocenters. The number of H-pyrrole nitrogens is 1. The fraction of sp³-hybridized carbons (Fsp3) is 0.308. The van der Waals surface area contributed by atoms with E-state index in [1.807, 2.05) is 38.1 Å². The van der Waals surface area contributed by atoms with E-state index in [0.29, 0.717) is 13.1 Å². The van der Waals surface area contributed by atoms with Crippen molar-refractivity contribution in [2.75, 3.05) is 6.54 Å². The number of rotatable bonds is 5. The molecule has 2 rings (SSSR count). The zero-order chi connectivity index (χ0) is 13.9. The van der Waals surface area contributed by atoms with Crippen molar-refractivity contribution < 1.29 is 8.42 Å². The van der Waals surface area contributed by atoms with E-state index in [4.69, 9.17) is 0 Å². The van der Waals surface area contributed by atoms with Crippen LogP contribution in [0.25, 0.3) is 0 Å². The third-order valence-electron chi connectivity index (χ3n) is 3.07. The minimum atomic E-state index is -3.48. The molecular weight excluding hydrogens is 262 g/mol. The topological polar surface area (TPSA) is 66.1 Å². The van der Waals surface area contributed by atoms with Crippen LogP contribution in [0.3, 0.4) is 0 Å². The quantitative estimate of drug-likeness (QED) is 0.909. The Labute approximate surface area is 113 Å². The first-order valence-electron chi connectivity index (χ1n) is 6.09. The molecule has 1 heterocycles. The molecule has 6 heteroatoms. The van der Waals surface area contributed by atoms with Gasteiger partial charge in [0.15, 0.2) is 0 Å². The minimum absolute atomic E-state index is 0.197. The van der Waals surface area contributed by atoms with Gasteiger partial charge in [0.2, 0.25) is 10.0 Å². The molecule has 0 aliphatic heterocycles. The number of aryl methyl sites for hydroxylation is 1. The molecular formula is C13H17N3O2S. The molecule has 0 bridgehead atoms. The Morgan fingerprint density at radius 2 is 2.05 bits per heavy atom. The predicted octanol–water partition coefficient (Wildman–Crippen LogP) is 1.93. The van der Waals surface area contributed by atoms with Gasteiger partial charge in [0.25, 0.3) is 0 Å². The normalized spacial score (nSPS) is 11.9. The molecule has 19 heavy (non-hydrogen) atoms. The van der Waals surface area contributed by atoms with Gasteiger partial charge in [0, 0.05) is 19.3 Å². The van der Waals surface area contributed by atoms with Crippen LogP contribution in [-0.4, -0.2) is 29.5 Å².